The zero-order valence-corrected chi connectivity index (χ0v) is 20.6. The van der Waals surface area contributed by atoms with Crippen LogP contribution in [0.2, 0.25) is 0 Å². The molecule has 4 N–H and O–H groups in total. The fraction of sp³-hybridized carbons (Fsp3) is 0.391. The smallest absolute Gasteiger partial charge is 0.275 e. The van der Waals surface area contributed by atoms with E-state index in [9.17, 15) is 18.4 Å². The van der Waals surface area contributed by atoms with Crippen LogP contribution < -0.4 is 11.1 Å². The van der Waals surface area contributed by atoms with E-state index in [1.165, 1.54) is 24.4 Å². The zero-order chi connectivity index (χ0) is 26.1. The number of thiazole rings is 1. The summed E-state index contributed by atoms with van der Waals surface area (Å²) >= 11 is 0.860. The minimum Gasteiger partial charge on any atom is -0.369 e. The molecule has 0 unspecified atom stereocenters. The van der Waals surface area contributed by atoms with Crippen molar-refractivity contribution in [3.8, 4) is 10.6 Å². The molecule has 1 fully saturated rings. The predicted molar refractivity (Wildman–Crippen MR) is 128 cm³/mol. The van der Waals surface area contributed by atoms with Crippen molar-refractivity contribution < 1.29 is 27.5 Å². The normalized spacial score (nSPS) is 20.1. The first-order chi connectivity index (χ1) is 17.1. The lowest BCUT2D eigenvalue weighted by atomic mass is 10.0. The molecule has 0 saturated carbocycles. The highest BCUT2D eigenvalue weighted by atomic mass is 32.1. The lowest BCUT2D eigenvalue weighted by Gasteiger charge is -2.15. The standard InChI is InChI=1S/C23H25F3N6O3S/c1-10-19(20(31-30-10)16-7-6-14(27)13(25)8-35-16)29-21(33)15-9-36-22(28-15)17-12(24)5-4-11(18(17)26)23(34)32(2)3/h4-5,9,13-14,16H,6-8,27H2,1-3H3,(H,29,33)(H,30,31)/t13-,14-,16+/m1/s1. The third-order valence-corrected chi connectivity index (χ3v) is 6.76. The van der Waals surface area contributed by atoms with Crippen LogP contribution in [0.3, 0.4) is 0 Å². The molecule has 13 heteroatoms. The first kappa shape index (κ1) is 25.8. The summed E-state index contributed by atoms with van der Waals surface area (Å²) in [6, 6.07) is 1.41. The molecule has 36 heavy (non-hydrogen) atoms. The van der Waals surface area contributed by atoms with Crippen molar-refractivity contribution >= 4 is 28.8 Å². The SMILES string of the molecule is Cc1n[nH]c([C@@H]2CC[C@@H](N)[C@H](F)CO2)c1NC(=O)c1csc(-c2c(F)ccc(C(=O)N(C)C)c2F)n1. The molecule has 9 nitrogen and oxygen atoms in total. The van der Waals surface area contributed by atoms with Gasteiger partial charge in [-0.1, -0.05) is 0 Å². The third-order valence-electron chi connectivity index (χ3n) is 5.90. The summed E-state index contributed by atoms with van der Waals surface area (Å²) in [5, 5.41) is 10.9. The molecule has 1 aromatic carbocycles. The molecule has 2 aromatic heterocycles. The minimum absolute atomic E-state index is 0.0858. The van der Waals surface area contributed by atoms with Gasteiger partial charge in [-0.3, -0.25) is 14.7 Å². The molecular weight excluding hydrogens is 497 g/mol. The van der Waals surface area contributed by atoms with E-state index in [1.807, 2.05) is 0 Å². The number of hydrogen-bond donors (Lipinski definition) is 3. The van der Waals surface area contributed by atoms with Gasteiger partial charge >= 0.3 is 0 Å². The molecule has 3 aromatic rings. The Hall–Kier alpha value is -3.29. The number of ether oxygens (including phenoxy) is 1. The van der Waals surface area contributed by atoms with Gasteiger partial charge in [-0.25, -0.2) is 18.2 Å². The van der Waals surface area contributed by atoms with E-state index in [2.05, 4.69) is 20.5 Å². The summed E-state index contributed by atoms with van der Waals surface area (Å²) in [5.41, 5.74) is 6.19. The van der Waals surface area contributed by atoms with Crippen molar-refractivity contribution in [1.29, 1.82) is 0 Å². The fourth-order valence-corrected chi connectivity index (χ4v) is 4.67. The van der Waals surface area contributed by atoms with Crippen molar-refractivity contribution in [3.63, 3.8) is 0 Å². The number of carbonyl (C=O) groups excluding carboxylic acids is 2. The van der Waals surface area contributed by atoms with Gasteiger partial charge in [0, 0.05) is 25.5 Å². The van der Waals surface area contributed by atoms with Crippen LogP contribution in [-0.2, 0) is 4.74 Å². The number of alkyl halides is 1. The highest BCUT2D eigenvalue weighted by Crippen LogP contribution is 2.34. The van der Waals surface area contributed by atoms with Crippen molar-refractivity contribution in [2.24, 2.45) is 5.73 Å². The number of anilines is 1. The van der Waals surface area contributed by atoms with Gasteiger partial charge in [-0.05, 0) is 31.9 Å². The van der Waals surface area contributed by atoms with Crippen LogP contribution in [0.25, 0.3) is 10.6 Å². The Morgan fingerprint density at radius 2 is 2.03 bits per heavy atom. The van der Waals surface area contributed by atoms with E-state index in [4.69, 9.17) is 10.5 Å². The fourth-order valence-electron chi connectivity index (χ4n) is 3.83. The second-order valence-corrected chi connectivity index (χ2v) is 9.51. The Morgan fingerprint density at radius 1 is 1.28 bits per heavy atom. The summed E-state index contributed by atoms with van der Waals surface area (Å²) in [6.45, 7) is 1.49. The lowest BCUT2D eigenvalue weighted by Crippen LogP contribution is -2.32. The highest BCUT2D eigenvalue weighted by Gasteiger charge is 2.30. The number of rotatable bonds is 5. The molecular formula is C23H25F3N6O3S. The van der Waals surface area contributed by atoms with Crippen molar-refractivity contribution in [1.82, 2.24) is 20.1 Å². The van der Waals surface area contributed by atoms with E-state index >= 15 is 4.39 Å². The number of aromatic amines is 1. The van der Waals surface area contributed by atoms with Crippen molar-refractivity contribution in [2.45, 2.75) is 38.1 Å². The number of carbonyl (C=O) groups is 2. The Kier molecular flexibility index (Phi) is 7.43. The van der Waals surface area contributed by atoms with Crippen LogP contribution in [0.5, 0.6) is 0 Å². The van der Waals surface area contributed by atoms with Crippen LogP contribution in [-0.4, -0.2) is 64.8 Å². The number of aryl methyl sites for hydroxylation is 1. The maximum absolute atomic E-state index is 15.1. The zero-order valence-electron chi connectivity index (χ0n) is 19.8. The van der Waals surface area contributed by atoms with Crippen LogP contribution in [0.4, 0.5) is 18.9 Å². The molecule has 1 aliphatic rings. The summed E-state index contributed by atoms with van der Waals surface area (Å²) < 4.78 is 49.2. The summed E-state index contributed by atoms with van der Waals surface area (Å²) in [5.74, 6) is -3.24. The summed E-state index contributed by atoms with van der Waals surface area (Å²) in [6.07, 6.45) is -1.04. The number of nitrogens with zero attached hydrogens (tertiary/aromatic N) is 3. The van der Waals surface area contributed by atoms with Crippen LogP contribution >= 0.6 is 11.3 Å². The minimum atomic E-state index is -1.29. The van der Waals surface area contributed by atoms with E-state index in [0.29, 0.717) is 29.9 Å². The number of H-pyrrole nitrogens is 1. The number of amides is 2. The Labute approximate surface area is 208 Å². The van der Waals surface area contributed by atoms with Gasteiger partial charge in [-0.2, -0.15) is 5.10 Å². The first-order valence-electron chi connectivity index (χ1n) is 11.1. The number of nitrogens with one attached hydrogen (secondary N) is 2. The number of aromatic nitrogens is 3. The molecule has 3 heterocycles. The topological polar surface area (TPSA) is 126 Å². The molecule has 0 bridgehead atoms. The quantitative estimate of drug-likeness (QED) is 0.470. The number of halogens is 3. The van der Waals surface area contributed by atoms with Gasteiger partial charge < -0.3 is 20.7 Å². The average molecular weight is 523 g/mol. The monoisotopic (exact) mass is 522 g/mol. The average Bonchev–Trinajstić information content (AvgIpc) is 3.42. The third kappa shape index (κ3) is 4.99. The van der Waals surface area contributed by atoms with Crippen molar-refractivity contribution in [2.75, 3.05) is 26.0 Å². The van der Waals surface area contributed by atoms with Gasteiger partial charge in [0.25, 0.3) is 11.8 Å². The molecule has 192 valence electrons. The number of benzene rings is 1. The molecule has 3 atom stereocenters. The molecule has 0 spiro atoms. The Balaban J connectivity index is 1.58. The van der Waals surface area contributed by atoms with Crippen LogP contribution in [0, 0.1) is 18.6 Å². The maximum Gasteiger partial charge on any atom is 0.275 e. The van der Waals surface area contributed by atoms with E-state index < -0.39 is 47.3 Å². The largest absolute Gasteiger partial charge is 0.369 e. The second-order valence-electron chi connectivity index (χ2n) is 8.65. The van der Waals surface area contributed by atoms with Gasteiger partial charge in [0.1, 0.15) is 34.6 Å². The van der Waals surface area contributed by atoms with Gasteiger partial charge in [0.05, 0.1) is 34.8 Å². The van der Waals surface area contributed by atoms with E-state index in [1.54, 1.807) is 6.92 Å². The molecule has 0 aliphatic carbocycles. The van der Waals surface area contributed by atoms with E-state index in [-0.39, 0.29) is 22.9 Å². The lowest BCUT2D eigenvalue weighted by molar-refractivity contribution is 0.0267. The summed E-state index contributed by atoms with van der Waals surface area (Å²) in [7, 11) is 2.90. The van der Waals surface area contributed by atoms with E-state index in [0.717, 1.165) is 23.5 Å². The van der Waals surface area contributed by atoms with Crippen LogP contribution in [0.15, 0.2) is 17.5 Å². The number of nitrogens with two attached hydrogens (primary N) is 1. The highest BCUT2D eigenvalue weighted by molar-refractivity contribution is 7.13. The van der Waals surface area contributed by atoms with Gasteiger partial charge in [0.15, 0.2) is 0 Å². The Bertz CT molecular complexity index is 1280. The molecule has 2 amide bonds. The molecule has 1 saturated heterocycles. The van der Waals surface area contributed by atoms with Gasteiger partial charge in [0.2, 0.25) is 0 Å². The predicted octanol–water partition coefficient (Wildman–Crippen LogP) is 3.59. The number of hydrogen-bond acceptors (Lipinski definition) is 7. The molecule has 0 radical (unpaired) electrons. The second kappa shape index (κ2) is 10.4. The van der Waals surface area contributed by atoms with Crippen LogP contribution in [0.1, 0.15) is 51.2 Å². The van der Waals surface area contributed by atoms with Gasteiger partial charge in [-0.15, -0.1) is 11.3 Å². The molecule has 4 rings (SSSR count). The summed E-state index contributed by atoms with van der Waals surface area (Å²) in [4.78, 5) is 30.5. The first-order valence-corrected chi connectivity index (χ1v) is 12.0. The Morgan fingerprint density at radius 3 is 2.75 bits per heavy atom. The maximum atomic E-state index is 15.1. The van der Waals surface area contributed by atoms with Crippen molar-refractivity contribution in [3.05, 3.63) is 51.8 Å². The molecule has 1 aliphatic heterocycles.